The maximum Gasteiger partial charge on any atom is 0.0450 e. The van der Waals surface area contributed by atoms with Crippen LogP contribution in [-0.2, 0) is 6.54 Å². The summed E-state index contributed by atoms with van der Waals surface area (Å²) in [4.78, 5) is 7.26. The molecule has 1 saturated carbocycles. The number of nitrogens with two attached hydrogens (primary N) is 1. The number of rotatable bonds is 2. The molecule has 2 N–H and O–H groups in total. The number of anilines is 1. The Bertz CT molecular complexity index is 481. The van der Waals surface area contributed by atoms with E-state index in [9.17, 15) is 0 Å². The number of hydrogen-bond donors (Lipinski definition) is 1. The van der Waals surface area contributed by atoms with E-state index in [4.69, 9.17) is 5.73 Å². The van der Waals surface area contributed by atoms with Crippen LogP contribution in [0.25, 0.3) is 0 Å². The zero-order valence-electron chi connectivity index (χ0n) is 12.9. The molecule has 1 aromatic heterocycles. The molecule has 1 saturated heterocycles. The zero-order chi connectivity index (χ0) is 14.1. The van der Waals surface area contributed by atoms with Crippen LogP contribution in [0.2, 0.25) is 0 Å². The van der Waals surface area contributed by atoms with Crippen LogP contribution in [0.1, 0.15) is 55.5 Å². The second-order valence-corrected chi connectivity index (χ2v) is 6.50. The Labute approximate surface area is 122 Å². The average molecular weight is 273 g/mol. The summed E-state index contributed by atoms with van der Waals surface area (Å²) in [7, 11) is 0. The molecule has 1 aliphatic heterocycles. The third-order valence-electron chi connectivity index (χ3n) is 5.19. The highest BCUT2D eigenvalue weighted by Crippen LogP contribution is 2.39. The molecule has 3 heteroatoms. The van der Waals surface area contributed by atoms with Gasteiger partial charge in [0.1, 0.15) is 0 Å². The van der Waals surface area contributed by atoms with E-state index in [0.717, 1.165) is 23.3 Å². The Kier molecular flexibility index (Phi) is 3.97. The van der Waals surface area contributed by atoms with Crippen molar-refractivity contribution in [3.63, 3.8) is 0 Å². The van der Waals surface area contributed by atoms with Gasteiger partial charge in [0.2, 0.25) is 0 Å². The van der Waals surface area contributed by atoms with Crippen molar-refractivity contribution in [2.45, 2.75) is 65.0 Å². The van der Waals surface area contributed by atoms with Gasteiger partial charge in [0.05, 0.1) is 0 Å². The van der Waals surface area contributed by atoms with Crippen LogP contribution in [0.4, 0.5) is 5.69 Å². The number of hydrogen-bond acceptors (Lipinski definition) is 3. The normalized spacial score (nSPS) is 26.4. The lowest BCUT2D eigenvalue weighted by atomic mass is 9.78. The van der Waals surface area contributed by atoms with E-state index in [1.54, 1.807) is 0 Å². The van der Waals surface area contributed by atoms with E-state index in [-0.39, 0.29) is 0 Å². The molecule has 0 amide bonds. The highest BCUT2D eigenvalue weighted by Gasteiger charge is 2.34. The molecule has 3 rings (SSSR count). The van der Waals surface area contributed by atoms with Crippen molar-refractivity contribution >= 4 is 5.69 Å². The summed E-state index contributed by atoms with van der Waals surface area (Å²) in [5, 5.41) is 0. The fraction of sp³-hybridized carbons (Fsp3) is 0.706. The van der Waals surface area contributed by atoms with Crippen LogP contribution < -0.4 is 10.6 Å². The quantitative estimate of drug-likeness (QED) is 0.899. The van der Waals surface area contributed by atoms with E-state index < -0.39 is 0 Å². The standard InChI is InChI=1S/C17H27N3/c1-12-10-17(15(11-18)13(2)19-12)20-9-5-7-14-6-3-4-8-16(14)20/h10,14,16H,3-9,11,18H2,1-2H3/t14-,16-/m1/s1. The highest BCUT2D eigenvalue weighted by molar-refractivity contribution is 5.57. The molecule has 1 aliphatic carbocycles. The molecule has 2 aliphatic rings. The molecular formula is C17H27N3. The van der Waals surface area contributed by atoms with Gasteiger partial charge in [-0.2, -0.15) is 0 Å². The van der Waals surface area contributed by atoms with E-state index in [0.29, 0.717) is 6.54 Å². The molecule has 2 heterocycles. The van der Waals surface area contributed by atoms with Crippen molar-refractivity contribution in [1.82, 2.24) is 4.98 Å². The van der Waals surface area contributed by atoms with Crippen molar-refractivity contribution in [3.8, 4) is 0 Å². The summed E-state index contributed by atoms with van der Waals surface area (Å²) in [6.07, 6.45) is 8.33. The minimum Gasteiger partial charge on any atom is -0.368 e. The fourth-order valence-corrected chi connectivity index (χ4v) is 4.27. The van der Waals surface area contributed by atoms with Crippen molar-refractivity contribution in [2.24, 2.45) is 11.7 Å². The van der Waals surface area contributed by atoms with Crippen LogP contribution in [0.3, 0.4) is 0 Å². The topological polar surface area (TPSA) is 42.1 Å². The van der Waals surface area contributed by atoms with E-state index in [2.05, 4.69) is 29.8 Å². The van der Waals surface area contributed by atoms with Gasteiger partial charge < -0.3 is 10.6 Å². The molecule has 0 bridgehead atoms. The molecule has 1 aromatic rings. The van der Waals surface area contributed by atoms with Gasteiger partial charge in [-0.15, -0.1) is 0 Å². The summed E-state index contributed by atoms with van der Waals surface area (Å²) < 4.78 is 0. The molecule has 0 spiro atoms. The summed E-state index contributed by atoms with van der Waals surface area (Å²) in [6, 6.07) is 3.00. The minimum atomic E-state index is 0.600. The van der Waals surface area contributed by atoms with Gasteiger partial charge in [0.15, 0.2) is 0 Å². The molecule has 3 nitrogen and oxygen atoms in total. The van der Waals surface area contributed by atoms with E-state index >= 15 is 0 Å². The molecule has 2 atom stereocenters. The lowest BCUT2D eigenvalue weighted by Gasteiger charge is -2.46. The molecular weight excluding hydrogens is 246 g/mol. The monoisotopic (exact) mass is 273 g/mol. The molecule has 0 unspecified atom stereocenters. The first kappa shape index (κ1) is 13.9. The van der Waals surface area contributed by atoms with Gasteiger partial charge in [-0.1, -0.05) is 12.8 Å². The number of aromatic nitrogens is 1. The summed E-state index contributed by atoms with van der Waals surface area (Å²) >= 11 is 0. The Morgan fingerprint density at radius 2 is 1.95 bits per heavy atom. The first-order valence-electron chi connectivity index (χ1n) is 8.14. The maximum atomic E-state index is 6.01. The van der Waals surface area contributed by atoms with Crippen LogP contribution in [0.5, 0.6) is 0 Å². The molecule has 0 aromatic carbocycles. The van der Waals surface area contributed by atoms with Crippen LogP contribution in [-0.4, -0.2) is 17.6 Å². The highest BCUT2D eigenvalue weighted by atomic mass is 15.2. The first-order valence-corrected chi connectivity index (χ1v) is 8.14. The van der Waals surface area contributed by atoms with Gasteiger partial charge in [0, 0.05) is 41.8 Å². The van der Waals surface area contributed by atoms with Crippen LogP contribution in [0.15, 0.2) is 6.07 Å². The average Bonchev–Trinajstić information content (AvgIpc) is 2.46. The minimum absolute atomic E-state index is 0.600. The third-order valence-corrected chi connectivity index (χ3v) is 5.19. The third kappa shape index (κ3) is 2.44. The summed E-state index contributed by atoms with van der Waals surface area (Å²) in [5.41, 5.74) is 10.9. The van der Waals surface area contributed by atoms with Crippen LogP contribution >= 0.6 is 0 Å². The lowest BCUT2D eigenvalue weighted by Crippen LogP contribution is -2.47. The fourth-order valence-electron chi connectivity index (χ4n) is 4.27. The number of aryl methyl sites for hydroxylation is 2. The smallest absolute Gasteiger partial charge is 0.0450 e. The molecule has 0 radical (unpaired) electrons. The molecule has 20 heavy (non-hydrogen) atoms. The number of nitrogens with zero attached hydrogens (tertiary/aromatic N) is 2. The Morgan fingerprint density at radius 3 is 2.75 bits per heavy atom. The van der Waals surface area contributed by atoms with Gasteiger partial charge in [-0.25, -0.2) is 0 Å². The maximum absolute atomic E-state index is 6.01. The SMILES string of the molecule is Cc1cc(N2CCC[C@H]3CCCC[C@H]32)c(CN)c(C)n1. The lowest BCUT2D eigenvalue weighted by molar-refractivity contribution is 0.243. The van der Waals surface area contributed by atoms with Gasteiger partial charge in [-0.05, 0) is 51.5 Å². The second-order valence-electron chi connectivity index (χ2n) is 6.50. The van der Waals surface area contributed by atoms with E-state index in [1.165, 1.54) is 56.3 Å². The van der Waals surface area contributed by atoms with Crippen LogP contribution in [0, 0.1) is 19.8 Å². The van der Waals surface area contributed by atoms with Gasteiger partial charge in [0.25, 0.3) is 0 Å². The van der Waals surface area contributed by atoms with E-state index in [1.807, 2.05) is 0 Å². The van der Waals surface area contributed by atoms with Crippen molar-refractivity contribution in [3.05, 3.63) is 23.0 Å². The predicted molar refractivity (Wildman–Crippen MR) is 83.9 cm³/mol. The molecule has 2 fully saturated rings. The summed E-state index contributed by atoms with van der Waals surface area (Å²) in [6.45, 7) is 5.99. The Morgan fingerprint density at radius 1 is 1.20 bits per heavy atom. The number of pyridine rings is 1. The number of fused-ring (bicyclic) bond motifs is 1. The van der Waals surface area contributed by atoms with Gasteiger partial charge in [-0.3, -0.25) is 4.98 Å². The van der Waals surface area contributed by atoms with Crippen molar-refractivity contribution in [1.29, 1.82) is 0 Å². The number of piperidine rings is 1. The first-order chi connectivity index (χ1) is 9.70. The second kappa shape index (κ2) is 5.72. The van der Waals surface area contributed by atoms with Crippen molar-refractivity contribution in [2.75, 3.05) is 11.4 Å². The molecule has 110 valence electrons. The largest absolute Gasteiger partial charge is 0.368 e. The zero-order valence-corrected chi connectivity index (χ0v) is 12.9. The Balaban J connectivity index is 1.98. The predicted octanol–water partition coefficient (Wildman–Crippen LogP) is 3.32. The summed E-state index contributed by atoms with van der Waals surface area (Å²) in [5.74, 6) is 0.900. The van der Waals surface area contributed by atoms with Crippen molar-refractivity contribution < 1.29 is 0 Å². The Hall–Kier alpha value is -1.09. The van der Waals surface area contributed by atoms with Gasteiger partial charge >= 0.3 is 0 Å².